The monoisotopic (exact) mass is 287 g/mol. The lowest BCUT2D eigenvalue weighted by molar-refractivity contribution is 0.284. The van der Waals surface area contributed by atoms with E-state index in [1.807, 2.05) is 18.2 Å². The Hall–Kier alpha value is -2.76. The van der Waals surface area contributed by atoms with Crippen LogP contribution in [0.3, 0.4) is 0 Å². The van der Waals surface area contributed by atoms with Gasteiger partial charge in [0.2, 0.25) is 0 Å². The molecule has 0 saturated carbocycles. The molecular weight excluding hydrogens is 273 g/mol. The first-order chi connectivity index (χ1) is 10.2. The van der Waals surface area contributed by atoms with E-state index in [0.717, 1.165) is 16.5 Å². The van der Waals surface area contributed by atoms with Gasteiger partial charge in [0.15, 0.2) is 11.5 Å². The van der Waals surface area contributed by atoms with Crippen LogP contribution < -0.4 is 15.2 Å². The van der Waals surface area contributed by atoms with Crippen LogP contribution in [0.4, 0.5) is 10.1 Å². The number of halogens is 1. The van der Waals surface area contributed by atoms with E-state index in [-0.39, 0.29) is 5.69 Å². The zero-order valence-corrected chi connectivity index (χ0v) is 11.4. The second-order valence-corrected chi connectivity index (χ2v) is 4.56. The van der Waals surface area contributed by atoms with Crippen LogP contribution >= 0.6 is 0 Å². The number of aromatic nitrogens is 2. The first kappa shape index (κ1) is 13.2. The third-order valence-corrected chi connectivity index (χ3v) is 3.23. The number of H-pyrrole nitrogens is 1. The van der Waals surface area contributed by atoms with Gasteiger partial charge in [-0.3, -0.25) is 5.10 Å². The Labute approximate surface area is 120 Å². The largest absolute Gasteiger partial charge is 0.493 e. The Morgan fingerprint density at radius 3 is 2.95 bits per heavy atom. The first-order valence-corrected chi connectivity index (χ1v) is 6.36. The van der Waals surface area contributed by atoms with Gasteiger partial charge in [0.05, 0.1) is 24.5 Å². The van der Waals surface area contributed by atoms with Crippen molar-refractivity contribution in [1.29, 1.82) is 0 Å². The number of rotatable bonds is 4. The van der Waals surface area contributed by atoms with E-state index in [1.165, 1.54) is 19.2 Å². The van der Waals surface area contributed by atoms with Crippen molar-refractivity contribution < 1.29 is 13.9 Å². The zero-order valence-electron chi connectivity index (χ0n) is 11.4. The topological polar surface area (TPSA) is 73.2 Å². The summed E-state index contributed by atoms with van der Waals surface area (Å²) in [7, 11) is 1.45. The molecule has 3 N–H and O–H groups in total. The third kappa shape index (κ3) is 2.47. The average Bonchev–Trinajstić information content (AvgIpc) is 2.97. The van der Waals surface area contributed by atoms with Gasteiger partial charge in [-0.15, -0.1) is 0 Å². The van der Waals surface area contributed by atoms with Crippen molar-refractivity contribution in [3.63, 3.8) is 0 Å². The minimum absolute atomic E-state index is 0.0190. The molecule has 21 heavy (non-hydrogen) atoms. The van der Waals surface area contributed by atoms with Crippen molar-refractivity contribution in [2.24, 2.45) is 0 Å². The molecule has 0 aliphatic carbocycles. The fraction of sp³-hybridized carbons (Fsp3) is 0.133. The number of aromatic amines is 1. The normalized spacial score (nSPS) is 10.8. The summed E-state index contributed by atoms with van der Waals surface area (Å²) < 4.78 is 24.2. The maximum Gasteiger partial charge on any atom is 0.163 e. The van der Waals surface area contributed by atoms with E-state index in [2.05, 4.69) is 10.2 Å². The van der Waals surface area contributed by atoms with Gasteiger partial charge in [-0.25, -0.2) is 4.39 Å². The maximum absolute atomic E-state index is 13.4. The Morgan fingerprint density at radius 2 is 2.14 bits per heavy atom. The summed E-state index contributed by atoms with van der Waals surface area (Å²) in [5.41, 5.74) is 7.43. The average molecular weight is 287 g/mol. The molecule has 6 heteroatoms. The van der Waals surface area contributed by atoms with Gasteiger partial charge in [-0.1, -0.05) is 18.2 Å². The lowest BCUT2D eigenvalue weighted by atomic mass is 10.1. The predicted molar refractivity (Wildman–Crippen MR) is 77.8 cm³/mol. The molecule has 0 fully saturated rings. The van der Waals surface area contributed by atoms with Crippen molar-refractivity contribution in [3.8, 4) is 11.5 Å². The summed E-state index contributed by atoms with van der Waals surface area (Å²) in [5, 5.41) is 7.93. The highest BCUT2D eigenvalue weighted by Crippen LogP contribution is 2.32. The van der Waals surface area contributed by atoms with Crippen LogP contribution in [0.2, 0.25) is 0 Å². The number of benzene rings is 2. The number of para-hydroxylation sites is 1. The number of ether oxygens (including phenoxy) is 2. The SMILES string of the molecule is COc1cc(F)c(N)cc1OCc1cccc2cn[nH]c12. The molecule has 2 aromatic carbocycles. The van der Waals surface area contributed by atoms with Crippen LogP contribution in [0, 0.1) is 5.82 Å². The van der Waals surface area contributed by atoms with Crippen molar-refractivity contribution in [2.75, 3.05) is 12.8 Å². The fourth-order valence-electron chi connectivity index (χ4n) is 2.13. The van der Waals surface area contributed by atoms with Gasteiger partial charge in [0.25, 0.3) is 0 Å². The molecule has 0 atom stereocenters. The molecule has 3 aromatic rings. The second kappa shape index (κ2) is 5.32. The Kier molecular flexibility index (Phi) is 3.35. The molecule has 1 heterocycles. The predicted octanol–water partition coefficient (Wildman–Crippen LogP) is 2.87. The lowest BCUT2D eigenvalue weighted by Crippen LogP contribution is -2.01. The van der Waals surface area contributed by atoms with Crippen molar-refractivity contribution >= 4 is 16.6 Å². The van der Waals surface area contributed by atoms with Crippen LogP contribution in [0.15, 0.2) is 36.5 Å². The molecule has 3 rings (SSSR count). The van der Waals surface area contributed by atoms with Gasteiger partial charge < -0.3 is 15.2 Å². The van der Waals surface area contributed by atoms with Crippen molar-refractivity contribution in [3.05, 3.63) is 47.9 Å². The van der Waals surface area contributed by atoms with Crippen molar-refractivity contribution in [2.45, 2.75) is 6.61 Å². The number of hydrogen-bond donors (Lipinski definition) is 2. The summed E-state index contributed by atoms with van der Waals surface area (Å²) in [5.74, 6) is 0.168. The first-order valence-electron chi connectivity index (χ1n) is 6.36. The molecule has 0 amide bonds. The lowest BCUT2D eigenvalue weighted by Gasteiger charge is -2.12. The molecule has 0 unspecified atom stereocenters. The van der Waals surface area contributed by atoms with Gasteiger partial charge in [-0.2, -0.15) is 5.10 Å². The van der Waals surface area contributed by atoms with Crippen LogP contribution in [0.25, 0.3) is 10.9 Å². The maximum atomic E-state index is 13.4. The van der Waals surface area contributed by atoms with Gasteiger partial charge >= 0.3 is 0 Å². The van der Waals surface area contributed by atoms with E-state index in [1.54, 1.807) is 6.20 Å². The molecule has 0 bridgehead atoms. The molecule has 0 spiro atoms. The number of nitrogens with zero attached hydrogens (tertiary/aromatic N) is 1. The molecule has 0 radical (unpaired) electrons. The number of anilines is 1. The van der Waals surface area contributed by atoms with Gasteiger partial charge in [0, 0.05) is 23.1 Å². The minimum atomic E-state index is -0.533. The molecule has 1 aromatic heterocycles. The Bertz CT molecular complexity index is 786. The highest BCUT2D eigenvalue weighted by molar-refractivity contribution is 5.81. The molecule has 0 saturated heterocycles. The second-order valence-electron chi connectivity index (χ2n) is 4.56. The summed E-state index contributed by atoms with van der Waals surface area (Å²) >= 11 is 0. The quantitative estimate of drug-likeness (QED) is 0.724. The van der Waals surface area contributed by atoms with E-state index in [0.29, 0.717) is 18.1 Å². The fourth-order valence-corrected chi connectivity index (χ4v) is 2.13. The number of fused-ring (bicyclic) bond motifs is 1. The number of methoxy groups -OCH3 is 1. The summed E-state index contributed by atoms with van der Waals surface area (Å²) in [6, 6.07) is 8.44. The molecule has 108 valence electrons. The Balaban J connectivity index is 1.88. The van der Waals surface area contributed by atoms with Gasteiger partial charge in [-0.05, 0) is 0 Å². The summed E-state index contributed by atoms with van der Waals surface area (Å²) in [6.45, 7) is 0.293. The summed E-state index contributed by atoms with van der Waals surface area (Å²) in [4.78, 5) is 0. The van der Waals surface area contributed by atoms with Crippen LogP contribution in [0.1, 0.15) is 5.56 Å². The zero-order chi connectivity index (χ0) is 14.8. The van der Waals surface area contributed by atoms with Crippen LogP contribution in [-0.2, 0) is 6.61 Å². The Morgan fingerprint density at radius 1 is 1.29 bits per heavy atom. The standard InChI is InChI=1S/C15H14FN3O2/c1-20-13-5-11(16)12(17)6-14(13)21-8-10-4-2-3-9-7-18-19-15(9)10/h2-7H,8,17H2,1H3,(H,18,19). The molecule has 5 nitrogen and oxygen atoms in total. The van der Waals surface area contributed by atoms with Crippen LogP contribution in [0.5, 0.6) is 11.5 Å². The van der Waals surface area contributed by atoms with E-state index in [4.69, 9.17) is 15.2 Å². The third-order valence-electron chi connectivity index (χ3n) is 3.23. The van der Waals surface area contributed by atoms with Gasteiger partial charge in [0.1, 0.15) is 12.4 Å². The molecular formula is C15H14FN3O2. The molecule has 0 aliphatic heterocycles. The number of nitrogens with one attached hydrogen (secondary N) is 1. The number of nitrogens with two attached hydrogens (primary N) is 1. The highest BCUT2D eigenvalue weighted by Gasteiger charge is 2.11. The van der Waals surface area contributed by atoms with E-state index in [9.17, 15) is 4.39 Å². The molecule has 0 aliphatic rings. The highest BCUT2D eigenvalue weighted by atomic mass is 19.1. The van der Waals surface area contributed by atoms with Crippen LogP contribution in [-0.4, -0.2) is 17.3 Å². The van der Waals surface area contributed by atoms with Crippen molar-refractivity contribution in [1.82, 2.24) is 10.2 Å². The number of hydrogen-bond acceptors (Lipinski definition) is 4. The summed E-state index contributed by atoms with van der Waals surface area (Å²) in [6.07, 6.45) is 1.75. The smallest absolute Gasteiger partial charge is 0.163 e. The van der Waals surface area contributed by atoms with E-state index >= 15 is 0 Å². The minimum Gasteiger partial charge on any atom is -0.493 e. The van der Waals surface area contributed by atoms with E-state index < -0.39 is 5.82 Å². The number of nitrogen functional groups attached to an aromatic ring is 1.